The van der Waals surface area contributed by atoms with Gasteiger partial charge in [-0.2, -0.15) is 0 Å². The van der Waals surface area contributed by atoms with Crippen LogP contribution in [0.5, 0.6) is 0 Å². The zero-order valence-electron chi connectivity index (χ0n) is 8.33. The van der Waals surface area contributed by atoms with Crippen LogP contribution >= 0.6 is 0 Å². The van der Waals surface area contributed by atoms with Gasteiger partial charge in [0, 0.05) is 11.3 Å². The smallest absolute Gasteiger partial charge is 0.159 e. The number of carbonyl (C=O) groups excluding carboxylic acids is 2. The van der Waals surface area contributed by atoms with Gasteiger partial charge in [0.15, 0.2) is 5.78 Å². The molecule has 0 spiro atoms. The minimum atomic E-state index is 0.0446. The van der Waals surface area contributed by atoms with Gasteiger partial charge < -0.3 is 5.32 Å². The van der Waals surface area contributed by atoms with Gasteiger partial charge in [-0.1, -0.05) is 0 Å². The topological polar surface area (TPSA) is 46.2 Å². The van der Waals surface area contributed by atoms with Crippen molar-refractivity contribution in [3.05, 3.63) is 29.8 Å². The first kappa shape index (κ1) is 10.4. The van der Waals surface area contributed by atoms with Crippen LogP contribution in [0.1, 0.15) is 24.2 Å². The Morgan fingerprint density at radius 3 is 2.14 bits per heavy atom. The minimum Gasteiger partial charge on any atom is -0.378 e. The Kier molecular flexibility index (Phi) is 3.40. The molecule has 3 nitrogen and oxygen atoms in total. The van der Waals surface area contributed by atoms with E-state index in [4.69, 9.17) is 0 Å². The molecule has 1 N–H and O–H groups in total. The summed E-state index contributed by atoms with van der Waals surface area (Å²) in [5.74, 6) is 0.128. The molecule has 74 valence electrons. The Bertz CT molecular complexity index is 341. The van der Waals surface area contributed by atoms with Crippen molar-refractivity contribution < 1.29 is 9.59 Å². The third-order valence-corrected chi connectivity index (χ3v) is 1.83. The van der Waals surface area contributed by atoms with Gasteiger partial charge in [-0.25, -0.2) is 0 Å². The highest BCUT2D eigenvalue weighted by atomic mass is 16.1. The third-order valence-electron chi connectivity index (χ3n) is 1.83. The van der Waals surface area contributed by atoms with E-state index >= 15 is 0 Å². The molecule has 0 amide bonds. The zero-order valence-corrected chi connectivity index (χ0v) is 8.33. The second kappa shape index (κ2) is 4.56. The summed E-state index contributed by atoms with van der Waals surface area (Å²) in [5, 5.41) is 2.95. The molecule has 0 bridgehead atoms. The van der Waals surface area contributed by atoms with Crippen molar-refractivity contribution in [2.75, 3.05) is 11.9 Å². The fourth-order valence-corrected chi connectivity index (χ4v) is 1.05. The molecule has 0 aliphatic carbocycles. The Balaban J connectivity index is 2.64. The van der Waals surface area contributed by atoms with Crippen LogP contribution in [-0.4, -0.2) is 18.1 Å². The van der Waals surface area contributed by atoms with E-state index in [0.717, 1.165) is 5.69 Å². The number of nitrogens with one attached hydrogen (secondary N) is 1. The molecule has 0 unspecified atom stereocenters. The summed E-state index contributed by atoms with van der Waals surface area (Å²) < 4.78 is 0. The number of hydrogen-bond donors (Lipinski definition) is 1. The number of ketones is 2. The lowest BCUT2D eigenvalue weighted by Gasteiger charge is -2.03. The van der Waals surface area contributed by atoms with E-state index in [-0.39, 0.29) is 11.6 Å². The molecular weight excluding hydrogens is 178 g/mol. The second-order valence-corrected chi connectivity index (χ2v) is 3.19. The Labute approximate surface area is 83.1 Å². The molecule has 1 aromatic rings. The van der Waals surface area contributed by atoms with Crippen LogP contribution in [0.15, 0.2) is 24.3 Å². The summed E-state index contributed by atoms with van der Waals surface area (Å²) in [6.45, 7) is 3.37. The molecule has 0 saturated heterocycles. The minimum absolute atomic E-state index is 0.0446. The maximum absolute atomic E-state index is 10.9. The monoisotopic (exact) mass is 191 g/mol. The van der Waals surface area contributed by atoms with Gasteiger partial charge >= 0.3 is 0 Å². The predicted molar refractivity (Wildman–Crippen MR) is 55.6 cm³/mol. The quantitative estimate of drug-likeness (QED) is 0.739. The second-order valence-electron chi connectivity index (χ2n) is 3.19. The maximum Gasteiger partial charge on any atom is 0.159 e. The first-order valence-electron chi connectivity index (χ1n) is 4.44. The normalized spacial score (nSPS) is 9.57. The summed E-state index contributed by atoms with van der Waals surface area (Å²) in [4.78, 5) is 21.6. The van der Waals surface area contributed by atoms with E-state index in [1.807, 2.05) is 0 Å². The Morgan fingerprint density at radius 2 is 1.71 bits per heavy atom. The maximum atomic E-state index is 10.9. The van der Waals surface area contributed by atoms with Crippen LogP contribution < -0.4 is 5.32 Å². The van der Waals surface area contributed by atoms with E-state index in [1.165, 1.54) is 13.8 Å². The van der Waals surface area contributed by atoms with Crippen LogP contribution in [0.4, 0.5) is 5.69 Å². The van der Waals surface area contributed by atoms with E-state index in [1.54, 1.807) is 24.3 Å². The van der Waals surface area contributed by atoms with Gasteiger partial charge in [0.05, 0.1) is 6.54 Å². The number of anilines is 1. The van der Waals surface area contributed by atoms with Gasteiger partial charge in [-0.05, 0) is 38.1 Å². The van der Waals surface area contributed by atoms with Crippen LogP contribution in [-0.2, 0) is 4.79 Å². The molecule has 14 heavy (non-hydrogen) atoms. The highest BCUT2D eigenvalue weighted by Gasteiger charge is 1.98. The predicted octanol–water partition coefficient (Wildman–Crippen LogP) is 1.89. The Hall–Kier alpha value is -1.64. The van der Waals surface area contributed by atoms with Crippen molar-refractivity contribution >= 4 is 17.3 Å². The van der Waals surface area contributed by atoms with Crippen LogP contribution in [0.2, 0.25) is 0 Å². The van der Waals surface area contributed by atoms with Crippen LogP contribution in [0, 0.1) is 0 Å². The fraction of sp³-hybridized carbons (Fsp3) is 0.273. The molecule has 0 radical (unpaired) electrons. The van der Waals surface area contributed by atoms with E-state index < -0.39 is 0 Å². The number of benzene rings is 1. The van der Waals surface area contributed by atoms with E-state index in [2.05, 4.69) is 5.32 Å². The van der Waals surface area contributed by atoms with Crippen molar-refractivity contribution in [2.45, 2.75) is 13.8 Å². The van der Waals surface area contributed by atoms with Gasteiger partial charge in [0.25, 0.3) is 0 Å². The number of hydrogen-bond acceptors (Lipinski definition) is 3. The molecule has 1 rings (SSSR count). The number of rotatable bonds is 4. The van der Waals surface area contributed by atoms with Crippen molar-refractivity contribution in [3.8, 4) is 0 Å². The number of carbonyl (C=O) groups is 2. The lowest BCUT2D eigenvalue weighted by Crippen LogP contribution is -2.09. The van der Waals surface area contributed by atoms with E-state index in [9.17, 15) is 9.59 Å². The highest BCUT2D eigenvalue weighted by Crippen LogP contribution is 2.09. The summed E-state index contributed by atoms with van der Waals surface area (Å²) >= 11 is 0. The molecule has 0 aliphatic heterocycles. The molecular formula is C11H13NO2. The molecule has 1 aromatic carbocycles. The molecule has 0 aromatic heterocycles. The van der Waals surface area contributed by atoms with Crippen molar-refractivity contribution in [2.24, 2.45) is 0 Å². The number of Topliss-reactive ketones (excluding diaryl/α,β-unsaturated/α-hetero) is 2. The van der Waals surface area contributed by atoms with Crippen molar-refractivity contribution in [1.29, 1.82) is 0 Å². The van der Waals surface area contributed by atoms with E-state index in [0.29, 0.717) is 12.1 Å². The first-order valence-corrected chi connectivity index (χ1v) is 4.44. The fourth-order valence-electron chi connectivity index (χ4n) is 1.05. The zero-order chi connectivity index (χ0) is 10.6. The van der Waals surface area contributed by atoms with Gasteiger partial charge in [-0.3, -0.25) is 9.59 Å². The SMILES string of the molecule is CC(=O)CNc1ccc(C(C)=O)cc1. The molecule has 0 heterocycles. The van der Waals surface area contributed by atoms with Crippen LogP contribution in [0.3, 0.4) is 0 Å². The summed E-state index contributed by atoms with van der Waals surface area (Å²) in [5.41, 5.74) is 1.53. The summed E-state index contributed by atoms with van der Waals surface area (Å²) in [6.07, 6.45) is 0. The third kappa shape index (κ3) is 3.01. The lowest BCUT2D eigenvalue weighted by atomic mass is 10.1. The molecule has 0 saturated carbocycles. The van der Waals surface area contributed by atoms with Gasteiger partial charge in [0.1, 0.15) is 5.78 Å². The largest absolute Gasteiger partial charge is 0.378 e. The molecule has 0 atom stereocenters. The molecule has 3 heteroatoms. The van der Waals surface area contributed by atoms with Gasteiger partial charge in [0.2, 0.25) is 0 Å². The molecule has 0 aliphatic rings. The van der Waals surface area contributed by atoms with Gasteiger partial charge in [-0.15, -0.1) is 0 Å². The van der Waals surface area contributed by atoms with Crippen molar-refractivity contribution in [1.82, 2.24) is 0 Å². The van der Waals surface area contributed by atoms with Crippen molar-refractivity contribution in [3.63, 3.8) is 0 Å². The average Bonchev–Trinajstić information content (AvgIpc) is 2.15. The average molecular weight is 191 g/mol. The highest BCUT2D eigenvalue weighted by molar-refractivity contribution is 5.94. The molecule has 0 fully saturated rings. The Morgan fingerprint density at radius 1 is 1.14 bits per heavy atom. The lowest BCUT2D eigenvalue weighted by molar-refractivity contribution is -0.115. The van der Waals surface area contributed by atoms with Crippen LogP contribution in [0.25, 0.3) is 0 Å². The first-order chi connectivity index (χ1) is 6.59. The summed E-state index contributed by atoms with van der Waals surface area (Å²) in [6, 6.07) is 7.06. The summed E-state index contributed by atoms with van der Waals surface area (Å²) in [7, 11) is 0. The standard InChI is InChI=1S/C11H13NO2/c1-8(13)7-12-11-5-3-10(4-6-11)9(2)14/h3-6,12H,7H2,1-2H3.